The number of anilines is 1. The van der Waals surface area contributed by atoms with Gasteiger partial charge in [0.25, 0.3) is 0 Å². The number of hydrogen-bond acceptors (Lipinski definition) is 2. The minimum Gasteiger partial charge on any atom is -0.381 e. The van der Waals surface area contributed by atoms with Gasteiger partial charge in [-0.15, -0.1) is 0 Å². The molecule has 78 valence electrons. The van der Waals surface area contributed by atoms with Gasteiger partial charge < -0.3 is 5.73 Å². The lowest BCUT2D eigenvalue weighted by Crippen LogP contribution is -2.23. The first-order valence-corrected chi connectivity index (χ1v) is 5.53. The number of aromatic nitrogens is 2. The Morgan fingerprint density at radius 2 is 2.43 bits per heavy atom. The fourth-order valence-corrected chi connectivity index (χ4v) is 2.11. The molecular weight excluding hydrogens is 198 g/mol. The molecule has 0 radical (unpaired) electrons. The lowest BCUT2D eigenvalue weighted by atomic mass is 9.77. The van der Waals surface area contributed by atoms with Crippen LogP contribution in [0.5, 0.6) is 0 Å². The second kappa shape index (κ2) is 3.81. The Morgan fingerprint density at radius 1 is 1.71 bits per heavy atom. The van der Waals surface area contributed by atoms with Crippen molar-refractivity contribution in [3.05, 3.63) is 11.2 Å². The van der Waals surface area contributed by atoms with Crippen LogP contribution in [0, 0.1) is 11.8 Å². The highest BCUT2D eigenvalue weighted by Gasteiger charge is 2.24. The third kappa shape index (κ3) is 1.87. The largest absolute Gasteiger partial charge is 0.381 e. The Labute approximate surface area is 89.2 Å². The molecule has 0 aromatic carbocycles. The van der Waals surface area contributed by atoms with Crippen molar-refractivity contribution >= 4 is 17.4 Å². The van der Waals surface area contributed by atoms with Crippen LogP contribution in [-0.2, 0) is 6.54 Å². The fourth-order valence-electron chi connectivity index (χ4n) is 1.96. The summed E-state index contributed by atoms with van der Waals surface area (Å²) in [4.78, 5) is 0. The maximum atomic E-state index is 5.83. The van der Waals surface area contributed by atoms with Crippen LogP contribution >= 0.6 is 11.6 Å². The van der Waals surface area contributed by atoms with E-state index in [4.69, 9.17) is 17.3 Å². The zero-order valence-electron chi connectivity index (χ0n) is 8.41. The summed E-state index contributed by atoms with van der Waals surface area (Å²) in [7, 11) is 0. The maximum Gasteiger partial charge on any atom is 0.164 e. The average molecular weight is 214 g/mol. The van der Waals surface area contributed by atoms with E-state index in [1.807, 2.05) is 10.9 Å². The zero-order valence-corrected chi connectivity index (χ0v) is 9.17. The first-order chi connectivity index (χ1) is 6.66. The van der Waals surface area contributed by atoms with Gasteiger partial charge in [0.2, 0.25) is 0 Å². The Morgan fingerprint density at radius 3 is 2.86 bits per heavy atom. The van der Waals surface area contributed by atoms with E-state index < -0.39 is 0 Å². The highest BCUT2D eigenvalue weighted by atomic mass is 35.5. The molecule has 0 bridgehead atoms. The summed E-state index contributed by atoms with van der Waals surface area (Å²) in [5.41, 5.74) is 5.58. The summed E-state index contributed by atoms with van der Waals surface area (Å²) in [6.45, 7) is 3.21. The Balaban J connectivity index is 1.95. The van der Waals surface area contributed by atoms with Gasteiger partial charge >= 0.3 is 0 Å². The van der Waals surface area contributed by atoms with Gasteiger partial charge in [0.1, 0.15) is 5.02 Å². The summed E-state index contributed by atoms with van der Waals surface area (Å²) in [5.74, 6) is 1.99. The topological polar surface area (TPSA) is 43.8 Å². The Kier molecular flexibility index (Phi) is 2.68. The van der Waals surface area contributed by atoms with Gasteiger partial charge in [0, 0.05) is 12.7 Å². The van der Waals surface area contributed by atoms with Crippen molar-refractivity contribution in [2.24, 2.45) is 11.8 Å². The SMILES string of the molecule is CC(Cn1cc(Cl)c(N)n1)C1CCC1. The summed E-state index contributed by atoms with van der Waals surface area (Å²) in [5, 5.41) is 4.71. The van der Waals surface area contributed by atoms with Crippen molar-refractivity contribution in [1.82, 2.24) is 9.78 Å². The second-order valence-corrected chi connectivity index (χ2v) is 4.66. The molecule has 2 N–H and O–H groups in total. The predicted molar refractivity (Wildman–Crippen MR) is 58.2 cm³/mol. The van der Waals surface area contributed by atoms with Gasteiger partial charge in [-0.3, -0.25) is 4.68 Å². The summed E-state index contributed by atoms with van der Waals surface area (Å²) in [6.07, 6.45) is 5.93. The van der Waals surface area contributed by atoms with Gasteiger partial charge in [-0.2, -0.15) is 5.10 Å². The molecule has 0 amide bonds. The number of halogens is 1. The average Bonchev–Trinajstić information content (AvgIpc) is 2.26. The molecule has 1 unspecified atom stereocenters. The number of nitrogens with zero attached hydrogens (tertiary/aromatic N) is 2. The molecule has 1 saturated carbocycles. The molecule has 4 heteroatoms. The molecule has 14 heavy (non-hydrogen) atoms. The summed E-state index contributed by atoms with van der Waals surface area (Å²) < 4.78 is 1.86. The van der Waals surface area contributed by atoms with Crippen molar-refractivity contribution in [3.8, 4) is 0 Å². The predicted octanol–water partition coefficient (Wildman–Crippen LogP) is 2.55. The molecular formula is C10H16ClN3. The van der Waals surface area contributed by atoms with Crippen LogP contribution in [0.2, 0.25) is 5.02 Å². The van der Waals surface area contributed by atoms with Crippen molar-refractivity contribution in [1.29, 1.82) is 0 Å². The quantitative estimate of drug-likeness (QED) is 0.839. The number of nitrogens with two attached hydrogens (primary N) is 1. The van der Waals surface area contributed by atoms with Crippen molar-refractivity contribution in [2.45, 2.75) is 32.7 Å². The minimum absolute atomic E-state index is 0.437. The third-order valence-electron chi connectivity index (χ3n) is 3.17. The molecule has 1 heterocycles. The van der Waals surface area contributed by atoms with Gasteiger partial charge in [0.15, 0.2) is 5.82 Å². The second-order valence-electron chi connectivity index (χ2n) is 4.25. The summed E-state index contributed by atoms with van der Waals surface area (Å²) >= 11 is 5.83. The Bertz CT molecular complexity index is 298. The normalized spacial score (nSPS) is 19.3. The van der Waals surface area contributed by atoms with Crippen LogP contribution in [0.15, 0.2) is 6.20 Å². The van der Waals surface area contributed by atoms with E-state index in [2.05, 4.69) is 12.0 Å². The lowest BCUT2D eigenvalue weighted by Gasteiger charge is -2.31. The van der Waals surface area contributed by atoms with E-state index in [0.29, 0.717) is 16.8 Å². The molecule has 1 aromatic heterocycles. The standard InChI is InChI=1S/C10H16ClN3/c1-7(8-3-2-4-8)5-14-6-9(11)10(12)13-14/h6-8H,2-5H2,1H3,(H2,12,13). The van der Waals surface area contributed by atoms with Crippen LogP contribution in [0.25, 0.3) is 0 Å². The number of rotatable bonds is 3. The maximum absolute atomic E-state index is 5.83. The van der Waals surface area contributed by atoms with Crippen molar-refractivity contribution in [2.75, 3.05) is 5.73 Å². The van der Waals surface area contributed by atoms with Gasteiger partial charge in [0.05, 0.1) is 0 Å². The van der Waals surface area contributed by atoms with E-state index in [0.717, 1.165) is 12.5 Å². The molecule has 1 aliphatic rings. The van der Waals surface area contributed by atoms with Crippen molar-refractivity contribution in [3.63, 3.8) is 0 Å². The van der Waals surface area contributed by atoms with E-state index in [1.54, 1.807) is 0 Å². The van der Waals surface area contributed by atoms with Crippen LogP contribution < -0.4 is 5.73 Å². The van der Waals surface area contributed by atoms with E-state index >= 15 is 0 Å². The van der Waals surface area contributed by atoms with E-state index in [1.165, 1.54) is 19.3 Å². The van der Waals surface area contributed by atoms with Crippen LogP contribution in [-0.4, -0.2) is 9.78 Å². The molecule has 0 spiro atoms. The smallest absolute Gasteiger partial charge is 0.164 e. The van der Waals surface area contributed by atoms with Crippen LogP contribution in [0.4, 0.5) is 5.82 Å². The molecule has 1 fully saturated rings. The third-order valence-corrected chi connectivity index (χ3v) is 3.46. The zero-order chi connectivity index (χ0) is 10.1. The number of hydrogen-bond donors (Lipinski definition) is 1. The summed E-state index contributed by atoms with van der Waals surface area (Å²) in [6, 6.07) is 0. The fraction of sp³-hybridized carbons (Fsp3) is 0.700. The first-order valence-electron chi connectivity index (χ1n) is 5.15. The van der Waals surface area contributed by atoms with Crippen LogP contribution in [0.1, 0.15) is 26.2 Å². The molecule has 1 aromatic rings. The van der Waals surface area contributed by atoms with Gasteiger partial charge in [-0.05, 0) is 11.8 Å². The van der Waals surface area contributed by atoms with Crippen molar-refractivity contribution < 1.29 is 0 Å². The van der Waals surface area contributed by atoms with E-state index in [9.17, 15) is 0 Å². The Hall–Kier alpha value is -0.700. The molecule has 0 aliphatic heterocycles. The van der Waals surface area contributed by atoms with Crippen LogP contribution in [0.3, 0.4) is 0 Å². The molecule has 3 nitrogen and oxygen atoms in total. The monoisotopic (exact) mass is 213 g/mol. The van der Waals surface area contributed by atoms with Gasteiger partial charge in [-0.1, -0.05) is 37.8 Å². The molecule has 1 atom stereocenters. The van der Waals surface area contributed by atoms with E-state index in [-0.39, 0.29) is 0 Å². The minimum atomic E-state index is 0.437. The number of nitrogen functional groups attached to an aromatic ring is 1. The molecule has 1 aliphatic carbocycles. The van der Waals surface area contributed by atoms with Gasteiger partial charge in [-0.25, -0.2) is 0 Å². The molecule has 2 rings (SSSR count). The first kappa shape index (κ1) is 9.84. The highest BCUT2D eigenvalue weighted by Crippen LogP contribution is 2.34. The molecule has 0 saturated heterocycles. The highest BCUT2D eigenvalue weighted by molar-refractivity contribution is 6.32. The lowest BCUT2D eigenvalue weighted by molar-refractivity contribution is 0.196.